The number of anilines is 1. The SMILES string of the molecule is CCOC(=O)Oc1c2ccc(CS)ccc-2c(OC(=O)OCC)c1N1C(=O)c2ccccc2C1=O. The van der Waals surface area contributed by atoms with E-state index in [1.54, 1.807) is 50.2 Å². The van der Waals surface area contributed by atoms with E-state index in [-0.39, 0.29) is 41.5 Å². The predicted octanol–water partition coefficient (Wildman–Crippen LogP) is 5.09. The molecule has 0 spiro atoms. The van der Waals surface area contributed by atoms with Crippen molar-refractivity contribution in [2.75, 3.05) is 18.1 Å². The maximum absolute atomic E-state index is 13.3. The van der Waals surface area contributed by atoms with Crippen LogP contribution in [0.3, 0.4) is 0 Å². The van der Waals surface area contributed by atoms with E-state index in [4.69, 9.17) is 18.9 Å². The van der Waals surface area contributed by atoms with Crippen LogP contribution in [0, 0.1) is 0 Å². The summed E-state index contributed by atoms with van der Waals surface area (Å²) in [5.74, 6) is -1.26. The lowest BCUT2D eigenvalue weighted by Crippen LogP contribution is -2.30. The zero-order valence-electron chi connectivity index (χ0n) is 18.9. The highest BCUT2D eigenvalue weighted by Crippen LogP contribution is 2.55. The number of imide groups is 1. The van der Waals surface area contributed by atoms with Gasteiger partial charge in [0.25, 0.3) is 11.8 Å². The van der Waals surface area contributed by atoms with E-state index in [1.807, 2.05) is 0 Å². The van der Waals surface area contributed by atoms with Crippen molar-refractivity contribution >= 4 is 42.4 Å². The summed E-state index contributed by atoms with van der Waals surface area (Å²) in [7, 11) is 0. The minimum Gasteiger partial charge on any atom is -0.434 e. The summed E-state index contributed by atoms with van der Waals surface area (Å²) in [4.78, 5) is 52.2. The lowest BCUT2D eigenvalue weighted by molar-refractivity contribution is 0.0906. The van der Waals surface area contributed by atoms with E-state index in [9.17, 15) is 19.2 Å². The number of benzene rings is 1. The quantitative estimate of drug-likeness (QED) is 0.286. The molecular weight excluding hydrogens is 474 g/mol. The number of carbonyl (C=O) groups excluding carboxylic acids is 4. The number of nitrogens with zero attached hydrogens (tertiary/aromatic N) is 1. The molecule has 0 saturated carbocycles. The predicted molar refractivity (Wildman–Crippen MR) is 129 cm³/mol. The Morgan fingerprint density at radius 3 is 1.60 bits per heavy atom. The van der Waals surface area contributed by atoms with E-state index in [1.165, 1.54) is 12.1 Å². The van der Waals surface area contributed by atoms with Crippen LogP contribution in [0.4, 0.5) is 15.3 Å². The van der Waals surface area contributed by atoms with E-state index in [0.717, 1.165) is 10.5 Å². The van der Waals surface area contributed by atoms with Crippen LogP contribution >= 0.6 is 12.6 Å². The van der Waals surface area contributed by atoms with Gasteiger partial charge in [-0.15, -0.1) is 0 Å². The van der Waals surface area contributed by atoms with Crippen molar-refractivity contribution in [2.24, 2.45) is 0 Å². The largest absolute Gasteiger partial charge is 0.513 e. The fourth-order valence-corrected chi connectivity index (χ4v) is 3.95. The van der Waals surface area contributed by atoms with Crippen LogP contribution < -0.4 is 14.4 Å². The Labute approximate surface area is 206 Å². The smallest absolute Gasteiger partial charge is 0.434 e. The Morgan fingerprint density at radius 1 is 0.743 bits per heavy atom. The Balaban J connectivity index is 2.00. The summed E-state index contributed by atoms with van der Waals surface area (Å²) < 4.78 is 20.8. The average molecular weight is 496 g/mol. The second kappa shape index (κ2) is 10.1. The van der Waals surface area contributed by atoms with Crippen molar-refractivity contribution in [3.63, 3.8) is 0 Å². The summed E-state index contributed by atoms with van der Waals surface area (Å²) in [5, 5.41) is 0. The molecule has 0 aromatic heterocycles. The van der Waals surface area contributed by atoms with Crippen LogP contribution in [0.1, 0.15) is 40.1 Å². The highest BCUT2D eigenvalue weighted by Gasteiger charge is 2.43. The molecule has 180 valence electrons. The molecule has 9 nitrogen and oxygen atoms in total. The van der Waals surface area contributed by atoms with Gasteiger partial charge < -0.3 is 18.9 Å². The number of fused-ring (bicyclic) bond motifs is 2. The van der Waals surface area contributed by atoms with Crippen molar-refractivity contribution in [1.82, 2.24) is 0 Å². The summed E-state index contributed by atoms with van der Waals surface area (Å²) in [6.45, 7) is 3.26. The minimum atomic E-state index is -1.05. The zero-order chi connectivity index (χ0) is 25.1. The highest BCUT2D eigenvalue weighted by atomic mass is 32.1. The molecule has 1 aliphatic heterocycles. The van der Waals surface area contributed by atoms with Gasteiger partial charge in [0.05, 0.1) is 24.3 Å². The summed E-state index contributed by atoms with van der Waals surface area (Å²) in [6, 6.07) is 13.0. The van der Waals surface area contributed by atoms with E-state index < -0.39 is 24.1 Å². The van der Waals surface area contributed by atoms with Crippen LogP contribution in [-0.2, 0) is 15.2 Å². The fourth-order valence-electron chi connectivity index (χ4n) is 3.74. The number of amides is 2. The molecular formula is C25H21NO8S. The van der Waals surface area contributed by atoms with Gasteiger partial charge in [0.15, 0.2) is 11.5 Å². The molecule has 4 rings (SSSR count). The van der Waals surface area contributed by atoms with Gasteiger partial charge >= 0.3 is 12.3 Å². The van der Waals surface area contributed by atoms with E-state index in [2.05, 4.69) is 12.6 Å². The van der Waals surface area contributed by atoms with Crippen LogP contribution in [-0.4, -0.2) is 37.3 Å². The molecule has 35 heavy (non-hydrogen) atoms. The standard InChI is InChI=1S/C25H21NO8S/c1-3-31-24(29)33-20-15-11-9-14(13-35)10-12-16(15)21(34-25(30)32-4-2)19(20)26-22(27)17-7-5-6-8-18(17)23(26)28/h5-12,35H,3-4,13H2,1-2H3. The number of thiol groups is 1. The lowest BCUT2D eigenvalue weighted by atomic mass is 10.1. The molecule has 0 radical (unpaired) electrons. The van der Waals surface area contributed by atoms with Gasteiger partial charge in [-0.2, -0.15) is 12.6 Å². The second-order valence-electron chi connectivity index (χ2n) is 7.30. The fraction of sp³-hybridized carbons (Fsp3) is 0.200. The number of hydrogen-bond acceptors (Lipinski definition) is 9. The minimum absolute atomic E-state index is 0.0313. The highest BCUT2D eigenvalue weighted by molar-refractivity contribution is 7.79. The zero-order valence-corrected chi connectivity index (χ0v) is 19.8. The Hall–Kier alpha value is -4.05. The molecule has 0 unspecified atom stereocenters. The number of carbonyl (C=O) groups is 4. The summed E-state index contributed by atoms with van der Waals surface area (Å²) >= 11 is 4.29. The van der Waals surface area contributed by atoms with Crippen molar-refractivity contribution in [1.29, 1.82) is 0 Å². The van der Waals surface area contributed by atoms with Gasteiger partial charge in [0.1, 0.15) is 5.69 Å². The average Bonchev–Trinajstić information content (AvgIpc) is 3.13. The van der Waals surface area contributed by atoms with E-state index >= 15 is 0 Å². The Bertz CT molecular complexity index is 1210. The molecule has 0 bridgehead atoms. The molecule has 0 N–H and O–H groups in total. The monoisotopic (exact) mass is 495 g/mol. The molecule has 1 aromatic carbocycles. The molecule has 0 saturated heterocycles. The van der Waals surface area contributed by atoms with Crippen molar-refractivity contribution < 1.29 is 38.1 Å². The molecule has 0 fully saturated rings. The van der Waals surface area contributed by atoms with Crippen molar-refractivity contribution in [3.8, 4) is 22.6 Å². The molecule has 0 atom stereocenters. The first kappa shape index (κ1) is 24.1. The van der Waals surface area contributed by atoms with Crippen LogP contribution in [0.5, 0.6) is 11.5 Å². The third kappa shape index (κ3) is 4.40. The van der Waals surface area contributed by atoms with Crippen molar-refractivity contribution in [2.45, 2.75) is 19.6 Å². The van der Waals surface area contributed by atoms with E-state index in [0.29, 0.717) is 16.9 Å². The maximum atomic E-state index is 13.3. The molecule has 1 heterocycles. The summed E-state index contributed by atoms with van der Waals surface area (Å²) in [6.07, 6.45) is -2.11. The molecule has 2 aliphatic carbocycles. The van der Waals surface area contributed by atoms with Gasteiger partial charge in [0.2, 0.25) is 0 Å². The van der Waals surface area contributed by atoms with Crippen LogP contribution in [0.2, 0.25) is 0 Å². The molecule has 2 amide bonds. The number of ether oxygens (including phenoxy) is 4. The third-order valence-electron chi connectivity index (χ3n) is 5.23. The lowest BCUT2D eigenvalue weighted by Gasteiger charge is -2.17. The third-order valence-corrected chi connectivity index (χ3v) is 5.60. The van der Waals surface area contributed by atoms with Crippen molar-refractivity contribution in [3.05, 3.63) is 65.2 Å². The maximum Gasteiger partial charge on any atom is 0.513 e. The molecule has 3 aliphatic rings. The first-order chi connectivity index (χ1) is 16.9. The second-order valence-corrected chi connectivity index (χ2v) is 7.61. The number of hydrogen-bond donors (Lipinski definition) is 1. The topological polar surface area (TPSA) is 108 Å². The van der Waals surface area contributed by atoms with Gasteiger partial charge in [-0.05, 0) is 31.5 Å². The van der Waals surface area contributed by atoms with Gasteiger partial charge in [-0.25, -0.2) is 14.5 Å². The summed E-state index contributed by atoms with van der Waals surface area (Å²) in [5.41, 5.74) is 1.54. The Morgan fingerprint density at radius 2 is 1.20 bits per heavy atom. The first-order valence-corrected chi connectivity index (χ1v) is 11.4. The number of rotatable bonds is 6. The molecule has 10 heteroatoms. The normalized spacial score (nSPS) is 12.5. The van der Waals surface area contributed by atoms with Gasteiger partial charge in [-0.1, -0.05) is 36.4 Å². The van der Waals surface area contributed by atoms with Gasteiger partial charge in [-0.3, -0.25) is 9.59 Å². The van der Waals surface area contributed by atoms with Crippen LogP contribution in [0.15, 0.2) is 48.5 Å². The first-order valence-electron chi connectivity index (χ1n) is 10.8. The van der Waals surface area contributed by atoms with Gasteiger partial charge in [0, 0.05) is 16.9 Å². The Kier molecular flexibility index (Phi) is 6.92. The molecule has 1 aromatic rings. The van der Waals surface area contributed by atoms with Crippen LogP contribution in [0.25, 0.3) is 11.1 Å².